The molecule has 1 aliphatic heterocycles. The summed E-state index contributed by atoms with van der Waals surface area (Å²) >= 11 is 0. The summed E-state index contributed by atoms with van der Waals surface area (Å²) in [5.41, 5.74) is 1.53. The van der Waals surface area contributed by atoms with E-state index in [2.05, 4.69) is 48.0 Å². The highest BCUT2D eigenvalue weighted by Gasteiger charge is 2.24. The van der Waals surface area contributed by atoms with E-state index >= 15 is 0 Å². The standard InChI is InChI=1S/C21H31N5O/c1-15(2)20-18(14-24-26(20)19-7-5-6-10-22-19)21(27)23-13-17(4)25-11-8-16(3)9-12-25/h5-7,10,14-17H,8-9,11-13H2,1-4H3,(H,23,27). The molecule has 0 bridgehead atoms. The number of pyridine rings is 1. The molecule has 1 aliphatic rings. The molecule has 1 unspecified atom stereocenters. The van der Waals surface area contributed by atoms with Crippen molar-refractivity contribution in [2.24, 2.45) is 5.92 Å². The fraction of sp³-hybridized carbons (Fsp3) is 0.571. The average molecular weight is 370 g/mol. The number of amides is 1. The highest BCUT2D eigenvalue weighted by molar-refractivity contribution is 5.95. The van der Waals surface area contributed by atoms with Gasteiger partial charge in [-0.15, -0.1) is 0 Å². The normalized spacial score (nSPS) is 17.2. The summed E-state index contributed by atoms with van der Waals surface area (Å²) in [6.07, 6.45) is 5.88. The van der Waals surface area contributed by atoms with Crippen LogP contribution < -0.4 is 5.32 Å². The van der Waals surface area contributed by atoms with Crippen molar-refractivity contribution in [1.82, 2.24) is 25.0 Å². The van der Waals surface area contributed by atoms with Gasteiger partial charge in [-0.1, -0.05) is 26.8 Å². The van der Waals surface area contributed by atoms with Crippen molar-refractivity contribution in [3.63, 3.8) is 0 Å². The van der Waals surface area contributed by atoms with Gasteiger partial charge >= 0.3 is 0 Å². The van der Waals surface area contributed by atoms with Crippen molar-refractivity contribution in [3.05, 3.63) is 41.9 Å². The predicted molar refractivity (Wildman–Crippen MR) is 107 cm³/mol. The number of carbonyl (C=O) groups excluding carboxylic acids is 1. The first-order valence-corrected chi connectivity index (χ1v) is 9.99. The molecule has 0 spiro atoms. The fourth-order valence-corrected chi connectivity index (χ4v) is 3.68. The molecular weight excluding hydrogens is 338 g/mol. The molecule has 0 saturated carbocycles. The number of aromatic nitrogens is 3. The second-order valence-corrected chi connectivity index (χ2v) is 7.98. The third kappa shape index (κ3) is 4.56. The molecule has 6 nitrogen and oxygen atoms in total. The Morgan fingerprint density at radius 3 is 2.63 bits per heavy atom. The number of rotatable bonds is 6. The van der Waals surface area contributed by atoms with E-state index in [9.17, 15) is 4.79 Å². The van der Waals surface area contributed by atoms with Gasteiger partial charge in [0.15, 0.2) is 5.82 Å². The van der Waals surface area contributed by atoms with E-state index in [1.165, 1.54) is 12.8 Å². The summed E-state index contributed by atoms with van der Waals surface area (Å²) < 4.78 is 1.77. The van der Waals surface area contributed by atoms with E-state index in [-0.39, 0.29) is 11.8 Å². The van der Waals surface area contributed by atoms with Crippen LogP contribution in [0.25, 0.3) is 5.82 Å². The Labute approximate surface area is 162 Å². The number of piperidine rings is 1. The predicted octanol–water partition coefficient (Wildman–Crippen LogP) is 3.24. The Balaban J connectivity index is 1.69. The van der Waals surface area contributed by atoms with E-state index in [4.69, 9.17) is 0 Å². The Morgan fingerprint density at radius 1 is 1.26 bits per heavy atom. The molecular formula is C21H31N5O. The van der Waals surface area contributed by atoms with Crippen LogP contribution in [0.4, 0.5) is 0 Å². The number of carbonyl (C=O) groups is 1. The molecule has 146 valence electrons. The molecule has 2 aromatic rings. The number of likely N-dealkylation sites (tertiary alicyclic amines) is 1. The zero-order valence-corrected chi connectivity index (χ0v) is 16.9. The van der Waals surface area contributed by atoms with Crippen molar-refractivity contribution < 1.29 is 4.79 Å². The molecule has 1 N–H and O–H groups in total. The SMILES string of the molecule is CC1CCN(C(C)CNC(=O)c2cnn(-c3ccccn3)c2C(C)C)CC1. The fourth-order valence-electron chi connectivity index (χ4n) is 3.68. The Bertz CT molecular complexity index is 747. The third-order valence-electron chi connectivity index (χ3n) is 5.46. The zero-order chi connectivity index (χ0) is 19.4. The summed E-state index contributed by atoms with van der Waals surface area (Å²) in [5.74, 6) is 1.65. The van der Waals surface area contributed by atoms with E-state index in [0.717, 1.165) is 30.5 Å². The lowest BCUT2D eigenvalue weighted by Crippen LogP contribution is -2.45. The molecule has 0 aromatic carbocycles. The maximum absolute atomic E-state index is 12.9. The van der Waals surface area contributed by atoms with Gasteiger partial charge < -0.3 is 5.32 Å². The van der Waals surface area contributed by atoms with Crippen LogP contribution in [0, 0.1) is 5.92 Å². The lowest BCUT2D eigenvalue weighted by atomic mass is 9.98. The van der Waals surface area contributed by atoms with Crippen molar-refractivity contribution in [2.75, 3.05) is 19.6 Å². The van der Waals surface area contributed by atoms with Crippen molar-refractivity contribution in [1.29, 1.82) is 0 Å². The average Bonchev–Trinajstić information content (AvgIpc) is 3.12. The highest BCUT2D eigenvalue weighted by Crippen LogP contribution is 2.22. The van der Waals surface area contributed by atoms with E-state index in [0.29, 0.717) is 18.2 Å². The van der Waals surface area contributed by atoms with Crippen LogP contribution in [0.2, 0.25) is 0 Å². The van der Waals surface area contributed by atoms with Gasteiger partial charge in [-0.05, 0) is 56.8 Å². The Morgan fingerprint density at radius 2 is 2.00 bits per heavy atom. The summed E-state index contributed by atoms with van der Waals surface area (Å²) in [4.78, 5) is 19.7. The number of nitrogens with zero attached hydrogens (tertiary/aromatic N) is 4. The monoisotopic (exact) mass is 369 g/mol. The van der Waals surface area contributed by atoms with E-state index in [1.54, 1.807) is 17.1 Å². The van der Waals surface area contributed by atoms with Crippen LogP contribution in [-0.4, -0.2) is 51.2 Å². The number of hydrogen-bond acceptors (Lipinski definition) is 4. The third-order valence-corrected chi connectivity index (χ3v) is 5.46. The molecule has 6 heteroatoms. The Hall–Kier alpha value is -2.21. The Kier molecular flexibility index (Phi) is 6.26. The smallest absolute Gasteiger partial charge is 0.254 e. The molecule has 1 atom stereocenters. The molecule has 3 rings (SSSR count). The molecule has 27 heavy (non-hydrogen) atoms. The lowest BCUT2D eigenvalue weighted by molar-refractivity contribution is 0.0920. The van der Waals surface area contributed by atoms with Gasteiger partial charge in [-0.25, -0.2) is 9.67 Å². The first-order valence-electron chi connectivity index (χ1n) is 9.99. The van der Waals surface area contributed by atoms with Gasteiger partial charge in [0.25, 0.3) is 5.91 Å². The quantitative estimate of drug-likeness (QED) is 0.849. The van der Waals surface area contributed by atoms with Crippen LogP contribution in [0.1, 0.15) is 62.5 Å². The second kappa shape index (κ2) is 8.65. The van der Waals surface area contributed by atoms with Gasteiger partial charge in [-0.3, -0.25) is 9.69 Å². The van der Waals surface area contributed by atoms with Crippen LogP contribution in [-0.2, 0) is 0 Å². The molecule has 1 amide bonds. The van der Waals surface area contributed by atoms with Crippen molar-refractivity contribution in [3.8, 4) is 5.82 Å². The van der Waals surface area contributed by atoms with Crippen LogP contribution in [0.5, 0.6) is 0 Å². The van der Waals surface area contributed by atoms with E-state index in [1.807, 2.05) is 18.2 Å². The van der Waals surface area contributed by atoms with Crippen molar-refractivity contribution >= 4 is 5.91 Å². The summed E-state index contributed by atoms with van der Waals surface area (Å²) in [6, 6.07) is 6.04. The van der Waals surface area contributed by atoms with Gasteiger partial charge in [0.1, 0.15) is 0 Å². The first-order chi connectivity index (χ1) is 13.0. The maximum Gasteiger partial charge on any atom is 0.254 e. The van der Waals surface area contributed by atoms with Crippen molar-refractivity contribution in [2.45, 2.75) is 52.5 Å². The van der Waals surface area contributed by atoms with E-state index < -0.39 is 0 Å². The van der Waals surface area contributed by atoms with Gasteiger partial charge in [0.2, 0.25) is 0 Å². The largest absolute Gasteiger partial charge is 0.350 e. The number of nitrogens with one attached hydrogen (secondary N) is 1. The minimum Gasteiger partial charge on any atom is -0.350 e. The zero-order valence-electron chi connectivity index (χ0n) is 16.9. The van der Waals surface area contributed by atoms with Gasteiger partial charge in [0.05, 0.1) is 17.5 Å². The first kappa shape index (κ1) is 19.5. The van der Waals surface area contributed by atoms with Crippen LogP contribution in [0.3, 0.4) is 0 Å². The molecule has 1 saturated heterocycles. The van der Waals surface area contributed by atoms with Crippen LogP contribution in [0.15, 0.2) is 30.6 Å². The second-order valence-electron chi connectivity index (χ2n) is 7.98. The molecule has 3 heterocycles. The van der Waals surface area contributed by atoms with Gasteiger partial charge in [-0.2, -0.15) is 5.10 Å². The van der Waals surface area contributed by atoms with Gasteiger partial charge in [0, 0.05) is 18.8 Å². The molecule has 2 aromatic heterocycles. The summed E-state index contributed by atoms with van der Waals surface area (Å²) in [7, 11) is 0. The highest BCUT2D eigenvalue weighted by atomic mass is 16.1. The lowest BCUT2D eigenvalue weighted by Gasteiger charge is -2.35. The molecule has 1 fully saturated rings. The molecule has 0 radical (unpaired) electrons. The minimum atomic E-state index is -0.0573. The topological polar surface area (TPSA) is 63.1 Å². The summed E-state index contributed by atoms with van der Waals surface area (Å²) in [6.45, 7) is 11.5. The molecule has 0 aliphatic carbocycles. The number of hydrogen-bond donors (Lipinski definition) is 1. The maximum atomic E-state index is 12.9. The minimum absolute atomic E-state index is 0.0573. The van der Waals surface area contributed by atoms with Crippen LogP contribution >= 0.6 is 0 Å². The summed E-state index contributed by atoms with van der Waals surface area (Å²) in [5, 5.41) is 7.55.